The van der Waals surface area contributed by atoms with E-state index in [0.717, 1.165) is 6.20 Å². The first-order chi connectivity index (χ1) is 10.5. The molecule has 14 heavy (non-hydrogen) atoms. The Kier molecular flexibility index (Phi) is 1.11. The van der Waals surface area contributed by atoms with E-state index >= 15 is 0 Å². The Morgan fingerprint density at radius 2 is 2.43 bits per heavy atom. The molecule has 0 saturated carbocycles. The van der Waals surface area contributed by atoms with Crippen molar-refractivity contribution in [2.45, 2.75) is 19.6 Å². The first-order valence-corrected chi connectivity index (χ1v) is 3.56. The van der Waals surface area contributed by atoms with Crippen LogP contribution in [-0.2, 0) is 0 Å². The van der Waals surface area contributed by atoms with Crippen molar-refractivity contribution < 1.29 is 28.5 Å². The van der Waals surface area contributed by atoms with Gasteiger partial charge in [-0.3, -0.25) is 0 Å². The van der Waals surface area contributed by atoms with Crippen molar-refractivity contribution >= 4 is 12.6 Å². The second-order valence-electron chi connectivity index (χ2n) is 2.47. The van der Waals surface area contributed by atoms with Gasteiger partial charge in [0.2, 0.25) is 5.88 Å². The highest BCUT2D eigenvalue weighted by Gasteiger charge is 2.16. The number of methoxy groups -OCH3 is 1. The van der Waals surface area contributed by atoms with Gasteiger partial charge in [0, 0.05) is 26.8 Å². The Bertz CT molecular complexity index is 583. The molecule has 5 heteroatoms. The maximum absolute atomic E-state index is 9.16. The first-order valence-electron chi connectivity index (χ1n) is 8.56. The minimum Gasteiger partial charge on any atom is -0.481 e. The highest BCUT2D eigenvalue weighted by Crippen LogP contribution is 2.22. The summed E-state index contributed by atoms with van der Waals surface area (Å²) in [5.41, 5.74) is -1.34. The van der Waals surface area contributed by atoms with Crippen LogP contribution >= 0.6 is 0 Å². The molecular formula is C9H14BNO3. The third-order valence-electron chi connectivity index (χ3n) is 1.54. The van der Waals surface area contributed by atoms with E-state index in [1.807, 2.05) is 0 Å². The van der Waals surface area contributed by atoms with E-state index in [0.29, 0.717) is 6.07 Å². The molecule has 0 aliphatic carbocycles. The van der Waals surface area contributed by atoms with Gasteiger partial charge in [-0.05, 0) is 5.89 Å². The molecule has 0 spiro atoms. The Hall–Kier alpha value is -1.07. The van der Waals surface area contributed by atoms with Crippen LogP contribution in [0.2, 0.25) is 0 Å². The smallest absolute Gasteiger partial charge is 0.481 e. The van der Waals surface area contributed by atoms with Gasteiger partial charge in [0.05, 0.1) is 11.2 Å². The summed E-state index contributed by atoms with van der Waals surface area (Å²) in [7, 11) is -5.23. The van der Waals surface area contributed by atoms with Gasteiger partial charge in [-0.15, -0.1) is 0 Å². The zero-order valence-corrected chi connectivity index (χ0v) is 6.98. The van der Waals surface area contributed by atoms with Gasteiger partial charge < -0.3 is 14.8 Å². The molecule has 1 aromatic heterocycles. The largest absolute Gasteiger partial charge is 0.490 e. The molecule has 0 fully saturated rings. The molecule has 1 aromatic rings. The molecular weight excluding hydrogens is 181 g/mol. The quantitative estimate of drug-likeness (QED) is 0.676. The van der Waals surface area contributed by atoms with E-state index in [4.69, 9.17) is 23.8 Å². The normalized spacial score (nSPS) is 24.4. The molecule has 0 amide bonds. The molecule has 0 saturated heterocycles. The van der Waals surface area contributed by atoms with Crippen LogP contribution in [0.3, 0.4) is 0 Å². The van der Waals surface area contributed by atoms with Gasteiger partial charge in [-0.2, -0.15) is 0 Å². The number of hydrogen-bond acceptors (Lipinski definition) is 4. The standard InChI is InChI=1S/C9H14BNO3/c1-6(2)8-4-7(10(12)13)5-11-9(8)14-3/h4-6,12-13H,1-3H3/i1D3,2D3,3D3,6D. The third-order valence-corrected chi connectivity index (χ3v) is 1.54. The average molecular weight is 205 g/mol. The fourth-order valence-corrected chi connectivity index (χ4v) is 0.870. The van der Waals surface area contributed by atoms with Gasteiger partial charge in [0.1, 0.15) is 0 Å². The topological polar surface area (TPSA) is 62.6 Å². The molecule has 1 rings (SSSR count). The monoisotopic (exact) mass is 205 g/mol. The van der Waals surface area contributed by atoms with E-state index in [1.165, 1.54) is 0 Å². The Balaban J connectivity index is 3.76. The molecule has 0 aliphatic rings. The minimum absolute atomic E-state index is 0.423. The second-order valence-corrected chi connectivity index (χ2v) is 2.47. The van der Waals surface area contributed by atoms with Gasteiger partial charge >= 0.3 is 7.12 Å². The molecule has 1 heterocycles. The highest BCUT2D eigenvalue weighted by atomic mass is 16.5. The molecule has 0 atom stereocenters. The van der Waals surface area contributed by atoms with E-state index < -0.39 is 50.7 Å². The number of pyridine rings is 1. The molecule has 4 nitrogen and oxygen atoms in total. The number of rotatable bonds is 3. The van der Waals surface area contributed by atoms with Crippen molar-refractivity contribution in [3.8, 4) is 5.88 Å². The summed E-state index contributed by atoms with van der Waals surface area (Å²) in [6.45, 7) is -6.85. The van der Waals surface area contributed by atoms with Crippen LogP contribution < -0.4 is 10.2 Å². The van der Waals surface area contributed by atoms with Crippen LogP contribution in [-0.4, -0.2) is 29.2 Å². The van der Waals surface area contributed by atoms with Crippen LogP contribution in [0, 0.1) is 0 Å². The van der Waals surface area contributed by atoms with Crippen LogP contribution in [0.15, 0.2) is 12.3 Å². The molecule has 0 radical (unpaired) electrons. The molecule has 0 unspecified atom stereocenters. The Morgan fingerprint density at radius 3 is 3.00 bits per heavy atom. The van der Waals surface area contributed by atoms with Crippen LogP contribution in [0.4, 0.5) is 0 Å². The molecule has 2 N–H and O–H groups in total. The van der Waals surface area contributed by atoms with Crippen molar-refractivity contribution in [1.29, 1.82) is 0 Å². The van der Waals surface area contributed by atoms with Gasteiger partial charge in [0.15, 0.2) is 0 Å². The first kappa shape index (κ1) is 3.50. The summed E-state index contributed by atoms with van der Waals surface area (Å²) in [6.07, 6.45) is 0.773. The van der Waals surface area contributed by atoms with Crippen LogP contribution in [0.1, 0.15) is 38.9 Å². The van der Waals surface area contributed by atoms with Crippen molar-refractivity contribution in [2.75, 3.05) is 7.04 Å². The van der Waals surface area contributed by atoms with E-state index in [1.54, 1.807) is 0 Å². The summed E-state index contributed by atoms with van der Waals surface area (Å²) in [4.78, 5) is 3.46. The lowest BCUT2D eigenvalue weighted by molar-refractivity contribution is 0.390. The van der Waals surface area contributed by atoms with E-state index in [2.05, 4.69) is 9.72 Å². The lowest BCUT2D eigenvalue weighted by Crippen LogP contribution is -2.30. The molecule has 76 valence electrons. The molecule has 0 aliphatic heterocycles. The maximum atomic E-state index is 9.16. The summed E-state index contributed by atoms with van der Waals surface area (Å²) in [5.74, 6) is -4.22. The summed E-state index contributed by atoms with van der Waals surface area (Å²) in [6, 6.07) is 0.671. The van der Waals surface area contributed by atoms with Gasteiger partial charge in [0.25, 0.3) is 0 Å². The summed E-state index contributed by atoms with van der Waals surface area (Å²) < 4.78 is 78.2. The van der Waals surface area contributed by atoms with Crippen molar-refractivity contribution in [2.24, 2.45) is 0 Å². The maximum Gasteiger partial charge on any atom is 0.490 e. The summed E-state index contributed by atoms with van der Waals surface area (Å²) >= 11 is 0. The lowest BCUT2D eigenvalue weighted by Gasteiger charge is -2.11. The van der Waals surface area contributed by atoms with E-state index in [-0.39, 0.29) is 0 Å². The fraction of sp³-hybridized carbons (Fsp3) is 0.444. The number of nitrogens with zero attached hydrogens (tertiary/aromatic N) is 1. The number of ether oxygens (including phenoxy) is 1. The number of aromatic nitrogens is 1. The highest BCUT2D eigenvalue weighted by molar-refractivity contribution is 6.58. The van der Waals surface area contributed by atoms with Crippen molar-refractivity contribution in [3.05, 3.63) is 17.8 Å². The van der Waals surface area contributed by atoms with Gasteiger partial charge in [-0.1, -0.05) is 19.8 Å². The number of hydrogen-bond donors (Lipinski definition) is 2. The van der Waals surface area contributed by atoms with Gasteiger partial charge in [-0.25, -0.2) is 4.98 Å². The predicted molar refractivity (Wildman–Crippen MR) is 54.7 cm³/mol. The summed E-state index contributed by atoms with van der Waals surface area (Å²) in [5, 5.41) is 18.3. The second kappa shape index (κ2) is 4.44. The van der Waals surface area contributed by atoms with Crippen molar-refractivity contribution in [1.82, 2.24) is 4.98 Å². The van der Waals surface area contributed by atoms with Crippen LogP contribution in [0.5, 0.6) is 5.88 Å². The fourth-order valence-electron chi connectivity index (χ4n) is 0.870. The van der Waals surface area contributed by atoms with E-state index in [9.17, 15) is 0 Å². The van der Waals surface area contributed by atoms with Crippen molar-refractivity contribution in [3.63, 3.8) is 0 Å². The van der Waals surface area contributed by atoms with Crippen LogP contribution in [0.25, 0.3) is 0 Å². The lowest BCUT2D eigenvalue weighted by atomic mass is 9.80. The minimum atomic E-state index is -3.42. The predicted octanol–water partition coefficient (Wildman–Crippen LogP) is -0.107. The zero-order valence-electron chi connectivity index (χ0n) is 17.0. The average Bonchev–Trinajstić information content (AvgIpc) is 2.33. The molecule has 0 bridgehead atoms. The SMILES string of the molecule is [2H]C([2H])([2H])Oc1ncc(B(O)O)cc1C([2H])(C([2H])([2H])[2H])C([2H])([2H])[2H]. The molecule has 0 aromatic carbocycles. The Labute approximate surface area is 97.8 Å². The third kappa shape index (κ3) is 2.24. The Morgan fingerprint density at radius 1 is 1.64 bits per heavy atom. The zero-order chi connectivity index (χ0) is 19.1.